The SMILES string of the molecule is c1ccc(-c2cc(-c3ccccc3)c3sc4c(-c5ccc6c(c5)[nH]c5cc(-c7cc(-c8ccccc8)cc8c7sc7c(-c9ccccc9)cc(-c9ccccc9)cc78)ccc56)cc(-c5ccccc5)cc4c3c2)cc1. The third kappa shape index (κ3) is 7.51. The van der Waals surface area contributed by atoms with Crippen LogP contribution in [0, 0.1) is 0 Å². The molecular formula is C72H45NS2. The quantitative estimate of drug-likeness (QED) is 0.156. The van der Waals surface area contributed by atoms with Crippen molar-refractivity contribution >= 4 is 84.8 Å². The lowest BCUT2D eigenvalue weighted by atomic mass is 9.92. The van der Waals surface area contributed by atoms with Crippen LogP contribution >= 0.6 is 22.7 Å². The van der Waals surface area contributed by atoms with Crippen molar-refractivity contribution in [2.75, 3.05) is 0 Å². The van der Waals surface area contributed by atoms with Gasteiger partial charge >= 0.3 is 0 Å². The number of hydrogen-bond acceptors (Lipinski definition) is 2. The molecule has 0 saturated carbocycles. The molecule has 0 saturated heterocycles. The molecule has 1 nitrogen and oxygen atoms in total. The third-order valence-corrected chi connectivity index (χ3v) is 17.7. The van der Waals surface area contributed by atoms with E-state index in [1.807, 2.05) is 22.7 Å². The van der Waals surface area contributed by atoms with E-state index in [2.05, 4.69) is 272 Å². The molecule has 0 unspecified atom stereocenters. The standard InChI is InChI=1S/C72H45NS2/c1-7-19-45(20-8-1)53-35-59(49-27-15-5-16-28-49)69-63(39-53)65-41-55(47-23-11-3-12-24-47)37-61(71(65)74-69)51-31-33-57-58-34-32-52(44-68(58)73-67(57)43-51)62-38-56(48-25-13-4-14-26-48)42-66-64-40-54(46-21-9-2-10-22-46)36-60(70(64)75-72(62)66)50-29-17-6-18-30-50/h1-44,73H. The number of nitrogens with one attached hydrogen (secondary N) is 1. The Morgan fingerprint density at radius 1 is 0.187 bits per heavy atom. The van der Waals surface area contributed by atoms with Crippen LogP contribution in [0.15, 0.2) is 267 Å². The molecule has 0 fully saturated rings. The zero-order valence-corrected chi connectivity index (χ0v) is 42.4. The molecule has 350 valence electrons. The molecule has 3 heterocycles. The van der Waals surface area contributed by atoms with Gasteiger partial charge in [0.15, 0.2) is 0 Å². The first-order valence-electron chi connectivity index (χ1n) is 25.6. The molecule has 0 aliphatic carbocycles. The van der Waals surface area contributed by atoms with E-state index in [1.165, 1.54) is 140 Å². The Hall–Kier alpha value is -9.12. The topological polar surface area (TPSA) is 15.8 Å². The smallest absolute Gasteiger partial charge is 0.0471 e. The molecule has 0 spiro atoms. The molecule has 3 aromatic heterocycles. The van der Waals surface area contributed by atoms with E-state index < -0.39 is 0 Å². The summed E-state index contributed by atoms with van der Waals surface area (Å²) in [5.41, 5.74) is 21.8. The first-order chi connectivity index (χ1) is 37.1. The van der Waals surface area contributed by atoms with Crippen molar-refractivity contribution in [1.82, 2.24) is 4.98 Å². The summed E-state index contributed by atoms with van der Waals surface area (Å²) in [6.45, 7) is 0. The van der Waals surface area contributed by atoms with E-state index in [-0.39, 0.29) is 0 Å². The van der Waals surface area contributed by atoms with Gasteiger partial charge in [0, 0.05) is 84.4 Å². The molecule has 0 radical (unpaired) electrons. The molecule has 12 aromatic carbocycles. The van der Waals surface area contributed by atoms with Gasteiger partial charge in [-0.3, -0.25) is 0 Å². The Labute approximate surface area is 442 Å². The van der Waals surface area contributed by atoms with Crippen LogP contribution in [0.4, 0.5) is 0 Å². The fraction of sp³-hybridized carbons (Fsp3) is 0. The van der Waals surface area contributed by atoms with Crippen molar-refractivity contribution < 1.29 is 0 Å². The number of thiophene rings is 2. The van der Waals surface area contributed by atoms with Gasteiger partial charge in [-0.2, -0.15) is 0 Å². The molecule has 0 atom stereocenters. The van der Waals surface area contributed by atoms with Gasteiger partial charge in [0.1, 0.15) is 0 Å². The Bertz CT molecular complexity index is 4350. The second-order valence-electron chi connectivity index (χ2n) is 19.6. The van der Waals surface area contributed by atoms with Crippen molar-refractivity contribution in [1.29, 1.82) is 0 Å². The number of rotatable bonds is 8. The lowest BCUT2D eigenvalue weighted by molar-refractivity contribution is 1.54. The van der Waals surface area contributed by atoms with Gasteiger partial charge in [-0.25, -0.2) is 0 Å². The minimum absolute atomic E-state index is 1.13. The number of aromatic nitrogens is 1. The highest BCUT2D eigenvalue weighted by atomic mass is 32.1. The van der Waals surface area contributed by atoms with Crippen LogP contribution in [0.3, 0.4) is 0 Å². The largest absolute Gasteiger partial charge is 0.354 e. The normalized spacial score (nSPS) is 11.7. The molecule has 0 bridgehead atoms. The summed E-state index contributed by atoms with van der Waals surface area (Å²) in [6, 6.07) is 98.5. The first-order valence-corrected chi connectivity index (χ1v) is 27.3. The lowest BCUT2D eigenvalue weighted by Crippen LogP contribution is -1.85. The Morgan fingerprint density at radius 3 is 0.720 bits per heavy atom. The zero-order valence-electron chi connectivity index (χ0n) is 40.7. The highest BCUT2D eigenvalue weighted by Crippen LogP contribution is 2.50. The van der Waals surface area contributed by atoms with Crippen molar-refractivity contribution in [3.05, 3.63) is 267 Å². The fourth-order valence-corrected chi connectivity index (χ4v) is 14.2. The summed E-state index contributed by atoms with van der Waals surface area (Å²) in [7, 11) is 0. The summed E-state index contributed by atoms with van der Waals surface area (Å²) in [6.07, 6.45) is 0. The Kier molecular flexibility index (Phi) is 10.3. The van der Waals surface area contributed by atoms with Crippen LogP contribution in [0.25, 0.3) is 151 Å². The number of benzene rings is 12. The van der Waals surface area contributed by atoms with Crippen molar-refractivity contribution in [3.8, 4) is 89.0 Å². The maximum Gasteiger partial charge on any atom is 0.0471 e. The van der Waals surface area contributed by atoms with E-state index in [0.29, 0.717) is 0 Å². The average Bonchev–Trinajstić information content (AvgIpc) is 4.19. The second kappa shape index (κ2) is 17.8. The van der Waals surface area contributed by atoms with Gasteiger partial charge in [0.25, 0.3) is 0 Å². The summed E-state index contributed by atoms with van der Waals surface area (Å²) in [4.78, 5) is 3.96. The van der Waals surface area contributed by atoms with E-state index in [0.717, 1.165) is 11.0 Å². The fourth-order valence-electron chi connectivity index (χ4n) is 11.5. The summed E-state index contributed by atoms with van der Waals surface area (Å²) >= 11 is 3.83. The molecule has 0 aliphatic heterocycles. The summed E-state index contributed by atoms with van der Waals surface area (Å²) < 4.78 is 5.20. The van der Waals surface area contributed by atoms with Gasteiger partial charge in [0.05, 0.1) is 0 Å². The molecular weight excluding hydrogens is 943 g/mol. The minimum Gasteiger partial charge on any atom is -0.354 e. The molecule has 15 rings (SSSR count). The van der Waals surface area contributed by atoms with Crippen LogP contribution < -0.4 is 0 Å². The van der Waals surface area contributed by atoms with Crippen LogP contribution in [-0.2, 0) is 0 Å². The van der Waals surface area contributed by atoms with E-state index >= 15 is 0 Å². The van der Waals surface area contributed by atoms with Gasteiger partial charge in [-0.05, 0) is 127 Å². The predicted octanol–water partition coefficient (Wildman–Crippen LogP) is 21.4. The number of fused-ring (bicyclic) bond motifs is 9. The monoisotopic (exact) mass is 987 g/mol. The maximum atomic E-state index is 3.96. The molecule has 75 heavy (non-hydrogen) atoms. The number of hydrogen-bond donors (Lipinski definition) is 1. The summed E-state index contributed by atoms with van der Waals surface area (Å²) in [5, 5.41) is 7.56. The van der Waals surface area contributed by atoms with Crippen molar-refractivity contribution in [2.45, 2.75) is 0 Å². The minimum atomic E-state index is 1.13. The van der Waals surface area contributed by atoms with Crippen LogP contribution in [0.2, 0.25) is 0 Å². The van der Waals surface area contributed by atoms with Crippen molar-refractivity contribution in [2.24, 2.45) is 0 Å². The Balaban J connectivity index is 0.921. The Morgan fingerprint density at radius 2 is 0.440 bits per heavy atom. The van der Waals surface area contributed by atoms with Gasteiger partial charge < -0.3 is 4.98 Å². The highest BCUT2D eigenvalue weighted by Gasteiger charge is 2.21. The highest BCUT2D eigenvalue weighted by molar-refractivity contribution is 7.27. The van der Waals surface area contributed by atoms with Crippen LogP contribution in [0.1, 0.15) is 0 Å². The van der Waals surface area contributed by atoms with E-state index in [1.54, 1.807) is 0 Å². The van der Waals surface area contributed by atoms with Crippen molar-refractivity contribution in [3.63, 3.8) is 0 Å². The maximum absolute atomic E-state index is 3.96. The van der Waals surface area contributed by atoms with Gasteiger partial charge in [0.2, 0.25) is 0 Å². The lowest BCUT2D eigenvalue weighted by Gasteiger charge is -2.10. The molecule has 0 aliphatic rings. The predicted molar refractivity (Wildman–Crippen MR) is 325 cm³/mol. The van der Waals surface area contributed by atoms with Crippen LogP contribution in [0.5, 0.6) is 0 Å². The average molecular weight is 988 g/mol. The zero-order chi connectivity index (χ0) is 49.4. The molecule has 1 N–H and O–H groups in total. The molecule has 15 aromatic rings. The van der Waals surface area contributed by atoms with Gasteiger partial charge in [-0.15, -0.1) is 22.7 Å². The summed E-state index contributed by atoms with van der Waals surface area (Å²) in [5.74, 6) is 0. The van der Waals surface area contributed by atoms with E-state index in [9.17, 15) is 0 Å². The number of aromatic amines is 1. The first kappa shape index (κ1) is 43.5. The van der Waals surface area contributed by atoms with Crippen LogP contribution in [-0.4, -0.2) is 4.98 Å². The molecule has 3 heteroatoms. The third-order valence-electron chi connectivity index (χ3n) is 15.2. The van der Waals surface area contributed by atoms with Gasteiger partial charge in [-0.1, -0.05) is 206 Å². The van der Waals surface area contributed by atoms with E-state index in [4.69, 9.17) is 0 Å². The molecule has 0 amide bonds. The number of H-pyrrole nitrogens is 1. The second-order valence-corrected chi connectivity index (χ2v) is 21.7.